The van der Waals surface area contributed by atoms with Crippen LogP contribution in [0.15, 0.2) is 65.4 Å². The molecule has 152 valence electrons. The third-order valence-corrected chi connectivity index (χ3v) is 5.61. The summed E-state index contributed by atoms with van der Waals surface area (Å²) in [5.41, 5.74) is 4.33. The average Bonchev–Trinajstić information content (AvgIpc) is 3.33. The summed E-state index contributed by atoms with van der Waals surface area (Å²) in [6.45, 7) is 0.513. The predicted molar refractivity (Wildman–Crippen MR) is 121 cm³/mol. The van der Waals surface area contributed by atoms with Crippen LogP contribution in [0.3, 0.4) is 0 Å². The summed E-state index contributed by atoms with van der Waals surface area (Å²) < 4.78 is 10.6. The van der Waals surface area contributed by atoms with E-state index in [1.807, 2.05) is 65.4 Å². The number of hydrogen-bond acceptors (Lipinski definition) is 5. The number of para-hydroxylation sites is 1. The average molecular weight is 419 g/mol. The summed E-state index contributed by atoms with van der Waals surface area (Å²) in [6.07, 6.45) is 0.687. The molecular weight excluding hydrogens is 396 g/mol. The second-order valence-corrected chi connectivity index (χ2v) is 7.56. The molecular formula is C24H22N2O3S. The summed E-state index contributed by atoms with van der Waals surface area (Å²) in [4.78, 5) is 17.7. The summed E-state index contributed by atoms with van der Waals surface area (Å²) >= 11 is 1.61. The van der Waals surface area contributed by atoms with Crippen molar-refractivity contribution >= 4 is 28.1 Å². The van der Waals surface area contributed by atoms with Crippen LogP contribution in [0.1, 0.15) is 15.9 Å². The fourth-order valence-corrected chi connectivity index (χ4v) is 4.02. The first-order valence-corrected chi connectivity index (χ1v) is 10.6. The number of amides is 1. The quantitative estimate of drug-likeness (QED) is 0.461. The molecule has 0 unspecified atom stereocenters. The van der Waals surface area contributed by atoms with Crippen LogP contribution in [0.25, 0.3) is 22.2 Å². The molecule has 6 heteroatoms. The number of nitrogens with one attached hydrogen (secondary N) is 1. The first kappa shape index (κ1) is 19.9. The third-order valence-electron chi connectivity index (χ3n) is 4.92. The number of carbonyl (C=O) groups is 1. The number of methoxy groups -OCH3 is 2. The topological polar surface area (TPSA) is 60.5 Å². The summed E-state index contributed by atoms with van der Waals surface area (Å²) in [6, 6.07) is 17.4. The normalized spacial score (nSPS) is 10.7. The van der Waals surface area contributed by atoms with Gasteiger partial charge in [-0.05, 0) is 47.7 Å². The number of carbonyl (C=O) groups excluding carboxylic acids is 1. The SMILES string of the molecule is COc1ccc(CCNC(=O)c2cc(-c3ccsc3)nc3ccccc23)cc1OC. The third kappa shape index (κ3) is 4.14. The van der Waals surface area contributed by atoms with E-state index < -0.39 is 0 Å². The van der Waals surface area contributed by atoms with Crippen LogP contribution in [-0.4, -0.2) is 31.7 Å². The minimum absolute atomic E-state index is 0.106. The number of hydrogen-bond donors (Lipinski definition) is 1. The monoisotopic (exact) mass is 418 g/mol. The molecule has 30 heavy (non-hydrogen) atoms. The Labute approximate surface area is 179 Å². The summed E-state index contributed by atoms with van der Waals surface area (Å²) in [5, 5.41) is 7.94. The van der Waals surface area contributed by atoms with Gasteiger partial charge in [0.1, 0.15) is 0 Å². The second kappa shape index (κ2) is 8.97. The van der Waals surface area contributed by atoms with Crippen molar-refractivity contribution in [2.24, 2.45) is 0 Å². The number of thiophene rings is 1. The molecule has 0 saturated heterocycles. The van der Waals surface area contributed by atoms with E-state index in [-0.39, 0.29) is 5.91 Å². The molecule has 2 heterocycles. The zero-order valence-electron chi connectivity index (χ0n) is 16.8. The zero-order chi connectivity index (χ0) is 20.9. The Balaban J connectivity index is 1.53. The van der Waals surface area contributed by atoms with Crippen LogP contribution < -0.4 is 14.8 Å². The molecule has 0 saturated carbocycles. The van der Waals surface area contributed by atoms with Gasteiger partial charge in [-0.25, -0.2) is 4.98 Å². The smallest absolute Gasteiger partial charge is 0.252 e. The van der Waals surface area contributed by atoms with Crippen LogP contribution in [0.5, 0.6) is 11.5 Å². The van der Waals surface area contributed by atoms with E-state index >= 15 is 0 Å². The van der Waals surface area contributed by atoms with E-state index in [4.69, 9.17) is 14.5 Å². The maximum Gasteiger partial charge on any atom is 0.252 e. The van der Waals surface area contributed by atoms with Crippen molar-refractivity contribution < 1.29 is 14.3 Å². The van der Waals surface area contributed by atoms with E-state index in [1.165, 1.54) is 0 Å². The van der Waals surface area contributed by atoms with Crippen LogP contribution in [0, 0.1) is 0 Å². The van der Waals surface area contributed by atoms with Crippen LogP contribution >= 0.6 is 11.3 Å². The molecule has 0 aliphatic rings. The molecule has 0 radical (unpaired) electrons. The van der Waals surface area contributed by atoms with Crippen LogP contribution in [0.4, 0.5) is 0 Å². The highest BCUT2D eigenvalue weighted by Gasteiger charge is 2.14. The Bertz CT molecular complexity index is 1170. The first-order valence-electron chi connectivity index (χ1n) is 9.61. The number of benzene rings is 2. The fraction of sp³-hybridized carbons (Fsp3) is 0.167. The number of nitrogens with zero attached hydrogens (tertiary/aromatic N) is 1. The highest BCUT2D eigenvalue weighted by molar-refractivity contribution is 7.08. The highest BCUT2D eigenvalue weighted by Crippen LogP contribution is 2.28. The predicted octanol–water partition coefficient (Wildman–Crippen LogP) is 4.95. The van der Waals surface area contributed by atoms with Gasteiger partial charge in [-0.15, -0.1) is 0 Å². The van der Waals surface area contributed by atoms with E-state index in [9.17, 15) is 4.79 Å². The molecule has 0 aliphatic carbocycles. The highest BCUT2D eigenvalue weighted by atomic mass is 32.1. The minimum Gasteiger partial charge on any atom is -0.493 e. The first-order chi connectivity index (χ1) is 14.7. The fourth-order valence-electron chi connectivity index (χ4n) is 3.37. The molecule has 0 spiro atoms. The number of fused-ring (bicyclic) bond motifs is 1. The Hall–Kier alpha value is -3.38. The van der Waals surface area contributed by atoms with E-state index in [0.29, 0.717) is 30.0 Å². The Morgan fingerprint density at radius 3 is 2.63 bits per heavy atom. The van der Waals surface area contributed by atoms with Gasteiger partial charge < -0.3 is 14.8 Å². The molecule has 0 aliphatic heterocycles. The van der Waals surface area contributed by atoms with Crippen molar-refractivity contribution in [3.05, 3.63) is 76.5 Å². The lowest BCUT2D eigenvalue weighted by molar-refractivity contribution is 0.0955. The molecule has 0 fully saturated rings. The lowest BCUT2D eigenvalue weighted by Crippen LogP contribution is -2.26. The largest absolute Gasteiger partial charge is 0.493 e. The molecule has 0 atom stereocenters. The Morgan fingerprint density at radius 1 is 1.03 bits per heavy atom. The summed E-state index contributed by atoms with van der Waals surface area (Å²) in [7, 11) is 3.23. The van der Waals surface area contributed by atoms with Crippen molar-refractivity contribution in [2.75, 3.05) is 20.8 Å². The maximum atomic E-state index is 13.0. The van der Waals surface area contributed by atoms with Gasteiger partial charge in [-0.3, -0.25) is 4.79 Å². The minimum atomic E-state index is -0.106. The van der Waals surface area contributed by atoms with Gasteiger partial charge >= 0.3 is 0 Å². The number of ether oxygens (including phenoxy) is 2. The van der Waals surface area contributed by atoms with Crippen molar-refractivity contribution in [1.29, 1.82) is 0 Å². The molecule has 2 aromatic heterocycles. The van der Waals surface area contributed by atoms with Crippen molar-refractivity contribution in [1.82, 2.24) is 10.3 Å². The van der Waals surface area contributed by atoms with Gasteiger partial charge in [0.05, 0.1) is 31.0 Å². The Morgan fingerprint density at radius 2 is 1.87 bits per heavy atom. The van der Waals surface area contributed by atoms with Crippen molar-refractivity contribution in [3.8, 4) is 22.8 Å². The van der Waals surface area contributed by atoms with Crippen molar-refractivity contribution in [3.63, 3.8) is 0 Å². The van der Waals surface area contributed by atoms with Crippen LogP contribution in [0.2, 0.25) is 0 Å². The molecule has 2 aromatic carbocycles. The van der Waals surface area contributed by atoms with Crippen LogP contribution in [-0.2, 0) is 6.42 Å². The number of rotatable bonds is 7. The van der Waals surface area contributed by atoms with Gasteiger partial charge in [-0.2, -0.15) is 11.3 Å². The lowest BCUT2D eigenvalue weighted by atomic mass is 10.0. The van der Waals surface area contributed by atoms with Gasteiger partial charge in [0.25, 0.3) is 5.91 Å². The van der Waals surface area contributed by atoms with Gasteiger partial charge in [0.2, 0.25) is 0 Å². The van der Waals surface area contributed by atoms with Gasteiger partial charge in [0, 0.05) is 22.9 Å². The molecule has 4 rings (SSSR count). The Kier molecular flexibility index (Phi) is 5.95. The zero-order valence-corrected chi connectivity index (χ0v) is 17.7. The number of pyridine rings is 1. The number of aromatic nitrogens is 1. The molecule has 1 amide bonds. The van der Waals surface area contributed by atoms with Gasteiger partial charge in [0.15, 0.2) is 11.5 Å². The molecule has 4 aromatic rings. The standard InChI is InChI=1S/C24H22N2O3S/c1-28-22-8-7-16(13-23(22)29-2)9-11-25-24(27)19-14-21(17-10-12-30-15-17)26-20-6-4-3-5-18(19)20/h3-8,10,12-15H,9,11H2,1-2H3,(H,25,27). The van der Waals surface area contributed by atoms with E-state index in [0.717, 1.165) is 27.7 Å². The lowest BCUT2D eigenvalue weighted by Gasteiger charge is -2.11. The van der Waals surface area contributed by atoms with E-state index in [2.05, 4.69) is 5.32 Å². The molecule has 0 bridgehead atoms. The van der Waals surface area contributed by atoms with E-state index in [1.54, 1.807) is 25.6 Å². The summed E-state index contributed by atoms with van der Waals surface area (Å²) in [5.74, 6) is 1.27. The van der Waals surface area contributed by atoms with Gasteiger partial charge in [-0.1, -0.05) is 24.3 Å². The maximum absolute atomic E-state index is 13.0. The molecule has 5 nitrogen and oxygen atoms in total. The second-order valence-electron chi connectivity index (χ2n) is 6.78. The molecule has 1 N–H and O–H groups in total. The van der Waals surface area contributed by atoms with Crippen molar-refractivity contribution in [2.45, 2.75) is 6.42 Å².